The average Bonchev–Trinajstić information content (AvgIpc) is 2.37. The van der Waals surface area contributed by atoms with Gasteiger partial charge in [0.15, 0.2) is 0 Å². The van der Waals surface area contributed by atoms with Crippen molar-refractivity contribution in [2.45, 2.75) is 26.7 Å². The summed E-state index contributed by atoms with van der Waals surface area (Å²) in [4.78, 5) is 11.9. The van der Waals surface area contributed by atoms with Crippen LogP contribution in [0.15, 0.2) is 18.2 Å². The molecule has 1 atom stereocenters. The molecule has 0 aromatic heterocycles. The highest BCUT2D eigenvalue weighted by Gasteiger charge is 2.12. The monoisotopic (exact) mass is 253 g/mol. The number of aliphatic hydroxyl groups excluding tert-OH is 1. The standard InChI is InChI=1S/C14H20FNO2/c1-3-11(6-7-17)9-16-14(18)13-8-12(15)5-4-10(13)2/h4-5,8,11,17H,3,6-7,9H2,1-2H3,(H,16,18). The molecular formula is C14H20FNO2. The van der Waals surface area contributed by atoms with Crippen molar-refractivity contribution in [3.63, 3.8) is 0 Å². The molecule has 3 nitrogen and oxygen atoms in total. The smallest absolute Gasteiger partial charge is 0.251 e. The second-order valence-electron chi connectivity index (χ2n) is 4.46. The number of benzene rings is 1. The molecule has 100 valence electrons. The number of aliphatic hydroxyl groups is 1. The van der Waals surface area contributed by atoms with Crippen LogP contribution in [-0.4, -0.2) is 24.2 Å². The Morgan fingerprint density at radius 1 is 1.50 bits per heavy atom. The van der Waals surface area contributed by atoms with Gasteiger partial charge in [-0.25, -0.2) is 4.39 Å². The van der Waals surface area contributed by atoms with E-state index in [9.17, 15) is 9.18 Å². The minimum atomic E-state index is -0.409. The zero-order valence-electron chi connectivity index (χ0n) is 10.9. The summed E-state index contributed by atoms with van der Waals surface area (Å²) in [7, 11) is 0. The summed E-state index contributed by atoms with van der Waals surface area (Å²) >= 11 is 0. The maximum Gasteiger partial charge on any atom is 0.251 e. The van der Waals surface area contributed by atoms with Crippen molar-refractivity contribution in [3.05, 3.63) is 35.1 Å². The van der Waals surface area contributed by atoms with Gasteiger partial charge in [-0.3, -0.25) is 4.79 Å². The fraction of sp³-hybridized carbons (Fsp3) is 0.500. The lowest BCUT2D eigenvalue weighted by Gasteiger charge is -2.15. The first-order chi connectivity index (χ1) is 8.58. The predicted molar refractivity (Wildman–Crippen MR) is 69.0 cm³/mol. The lowest BCUT2D eigenvalue weighted by molar-refractivity contribution is 0.0942. The maximum absolute atomic E-state index is 13.1. The fourth-order valence-corrected chi connectivity index (χ4v) is 1.80. The molecule has 18 heavy (non-hydrogen) atoms. The van der Waals surface area contributed by atoms with Gasteiger partial charge in [0.2, 0.25) is 0 Å². The van der Waals surface area contributed by atoms with Gasteiger partial charge in [-0.05, 0) is 37.0 Å². The number of halogens is 1. The largest absolute Gasteiger partial charge is 0.396 e. The van der Waals surface area contributed by atoms with Crippen molar-refractivity contribution in [2.75, 3.05) is 13.2 Å². The highest BCUT2D eigenvalue weighted by molar-refractivity contribution is 5.95. The maximum atomic E-state index is 13.1. The Morgan fingerprint density at radius 2 is 2.22 bits per heavy atom. The van der Waals surface area contributed by atoms with Crippen LogP contribution in [0.2, 0.25) is 0 Å². The van der Waals surface area contributed by atoms with Crippen LogP contribution in [0.4, 0.5) is 4.39 Å². The summed E-state index contributed by atoms with van der Waals surface area (Å²) in [6, 6.07) is 4.18. The van der Waals surface area contributed by atoms with E-state index in [4.69, 9.17) is 5.11 Å². The lowest BCUT2D eigenvalue weighted by Crippen LogP contribution is -2.30. The van der Waals surface area contributed by atoms with E-state index in [0.29, 0.717) is 18.5 Å². The molecule has 4 heteroatoms. The molecule has 1 amide bonds. The number of aryl methyl sites for hydroxylation is 1. The van der Waals surface area contributed by atoms with Gasteiger partial charge in [0.05, 0.1) is 0 Å². The predicted octanol–water partition coefficient (Wildman–Crippen LogP) is 2.27. The molecule has 1 aromatic carbocycles. The second kappa shape index (κ2) is 7.11. The van der Waals surface area contributed by atoms with Crippen molar-refractivity contribution in [3.8, 4) is 0 Å². The topological polar surface area (TPSA) is 49.3 Å². The van der Waals surface area contributed by atoms with Gasteiger partial charge in [0.25, 0.3) is 5.91 Å². The van der Waals surface area contributed by atoms with Crippen LogP contribution in [-0.2, 0) is 0 Å². The molecule has 0 spiro atoms. The second-order valence-corrected chi connectivity index (χ2v) is 4.46. The lowest BCUT2D eigenvalue weighted by atomic mass is 10.0. The highest BCUT2D eigenvalue weighted by atomic mass is 19.1. The molecule has 0 aliphatic heterocycles. The number of carbonyl (C=O) groups is 1. The van der Waals surface area contributed by atoms with Crippen molar-refractivity contribution >= 4 is 5.91 Å². The van der Waals surface area contributed by atoms with Crippen LogP contribution in [0.25, 0.3) is 0 Å². The van der Waals surface area contributed by atoms with E-state index in [-0.39, 0.29) is 18.4 Å². The third kappa shape index (κ3) is 4.11. The number of hydrogen-bond acceptors (Lipinski definition) is 2. The third-order valence-corrected chi connectivity index (χ3v) is 3.11. The Bertz CT molecular complexity index is 407. The van der Waals surface area contributed by atoms with Crippen LogP contribution in [0.3, 0.4) is 0 Å². The normalized spacial score (nSPS) is 12.2. The summed E-state index contributed by atoms with van der Waals surface area (Å²) in [6.07, 6.45) is 1.56. The van der Waals surface area contributed by atoms with Gasteiger partial charge in [0, 0.05) is 18.7 Å². The summed E-state index contributed by atoms with van der Waals surface area (Å²) in [5.41, 5.74) is 1.12. The van der Waals surface area contributed by atoms with Crippen LogP contribution in [0.1, 0.15) is 35.7 Å². The molecule has 0 radical (unpaired) electrons. The van der Waals surface area contributed by atoms with E-state index in [2.05, 4.69) is 5.32 Å². The minimum Gasteiger partial charge on any atom is -0.396 e. The summed E-state index contributed by atoms with van der Waals surface area (Å²) in [6.45, 7) is 4.42. The zero-order chi connectivity index (χ0) is 13.5. The SMILES string of the molecule is CCC(CCO)CNC(=O)c1cc(F)ccc1C. The molecule has 0 bridgehead atoms. The molecule has 0 saturated carbocycles. The molecule has 0 fully saturated rings. The molecular weight excluding hydrogens is 233 g/mol. The Labute approximate surface area is 107 Å². The van der Waals surface area contributed by atoms with Gasteiger partial charge < -0.3 is 10.4 Å². The molecule has 1 aromatic rings. The average molecular weight is 253 g/mol. The molecule has 0 heterocycles. The van der Waals surface area contributed by atoms with Gasteiger partial charge >= 0.3 is 0 Å². The van der Waals surface area contributed by atoms with Gasteiger partial charge in [-0.2, -0.15) is 0 Å². The molecule has 0 aliphatic carbocycles. The number of nitrogens with one attached hydrogen (secondary N) is 1. The minimum absolute atomic E-state index is 0.118. The third-order valence-electron chi connectivity index (χ3n) is 3.11. The molecule has 1 unspecified atom stereocenters. The zero-order valence-corrected chi connectivity index (χ0v) is 10.9. The van der Waals surface area contributed by atoms with Crippen LogP contribution < -0.4 is 5.32 Å². The Hall–Kier alpha value is -1.42. The van der Waals surface area contributed by atoms with E-state index in [1.807, 2.05) is 6.92 Å². The van der Waals surface area contributed by atoms with E-state index in [1.165, 1.54) is 12.1 Å². The Morgan fingerprint density at radius 3 is 2.83 bits per heavy atom. The Kier molecular flexibility index (Phi) is 5.78. The number of rotatable bonds is 6. The van der Waals surface area contributed by atoms with E-state index >= 15 is 0 Å². The van der Waals surface area contributed by atoms with Crippen LogP contribution in [0.5, 0.6) is 0 Å². The first-order valence-corrected chi connectivity index (χ1v) is 6.23. The van der Waals surface area contributed by atoms with Crippen molar-refractivity contribution in [2.24, 2.45) is 5.92 Å². The molecule has 0 saturated heterocycles. The number of amides is 1. The van der Waals surface area contributed by atoms with Crippen LogP contribution in [0, 0.1) is 18.7 Å². The molecule has 0 aliphatic rings. The molecule has 1 rings (SSSR count). The summed E-state index contributed by atoms with van der Waals surface area (Å²) in [5, 5.41) is 11.7. The Balaban J connectivity index is 2.62. The number of hydrogen-bond donors (Lipinski definition) is 2. The first kappa shape index (κ1) is 14.6. The van der Waals surface area contributed by atoms with E-state index in [1.54, 1.807) is 13.0 Å². The van der Waals surface area contributed by atoms with Gasteiger partial charge in [0.1, 0.15) is 5.82 Å². The van der Waals surface area contributed by atoms with Gasteiger partial charge in [-0.1, -0.05) is 19.4 Å². The van der Waals surface area contributed by atoms with Crippen LogP contribution >= 0.6 is 0 Å². The van der Waals surface area contributed by atoms with Gasteiger partial charge in [-0.15, -0.1) is 0 Å². The molecule has 2 N–H and O–H groups in total. The van der Waals surface area contributed by atoms with Crippen molar-refractivity contribution in [1.29, 1.82) is 0 Å². The first-order valence-electron chi connectivity index (χ1n) is 6.23. The fourth-order valence-electron chi connectivity index (χ4n) is 1.80. The number of carbonyl (C=O) groups excluding carboxylic acids is 1. The quantitative estimate of drug-likeness (QED) is 0.817. The van der Waals surface area contributed by atoms with E-state index in [0.717, 1.165) is 12.0 Å². The van der Waals surface area contributed by atoms with E-state index < -0.39 is 5.82 Å². The van der Waals surface area contributed by atoms with Crippen molar-refractivity contribution < 1.29 is 14.3 Å². The summed E-state index contributed by atoms with van der Waals surface area (Å²) < 4.78 is 13.1. The summed E-state index contributed by atoms with van der Waals surface area (Å²) in [5.74, 6) is -0.413. The van der Waals surface area contributed by atoms with Crippen molar-refractivity contribution in [1.82, 2.24) is 5.32 Å². The highest BCUT2D eigenvalue weighted by Crippen LogP contribution is 2.11.